The molecule has 66 valence electrons. The van der Waals surface area contributed by atoms with Crippen LogP contribution in [0.2, 0.25) is 0 Å². The predicted octanol–water partition coefficient (Wildman–Crippen LogP) is 4.05. The van der Waals surface area contributed by atoms with Gasteiger partial charge >= 0.3 is 0 Å². The summed E-state index contributed by atoms with van der Waals surface area (Å²) in [7, 11) is 0. The molecule has 0 fully saturated rings. The van der Waals surface area contributed by atoms with Gasteiger partial charge < -0.3 is 0 Å². The molecule has 11 heavy (non-hydrogen) atoms. The Morgan fingerprint density at radius 1 is 1.09 bits per heavy atom. The molecule has 0 saturated carbocycles. The topological polar surface area (TPSA) is 0 Å². The van der Waals surface area contributed by atoms with Crippen molar-refractivity contribution in [2.45, 2.75) is 34.1 Å². The maximum absolute atomic E-state index is 3.00. The van der Waals surface area contributed by atoms with Crippen LogP contribution in [0.5, 0.6) is 0 Å². The molecule has 0 rings (SSSR count). The van der Waals surface area contributed by atoms with Crippen LogP contribution in [0, 0.1) is 11.8 Å². The lowest BCUT2D eigenvalue weighted by molar-refractivity contribution is 0.659. The van der Waals surface area contributed by atoms with Crippen molar-refractivity contribution in [3.05, 3.63) is 25.3 Å². The van der Waals surface area contributed by atoms with Crippen molar-refractivity contribution < 1.29 is 0 Å². The fourth-order valence-corrected chi connectivity index (χ4v) is 0.623. The lowest BCUT2D eigenvalue weighted by Crippen LogP contribution is -1.83. The van der Waals surface area contributed by atoms with Gasteiger partial charge in [-0.2, -0.15) is 0 Å². The lowest BCUT2D eigenvalue weighted by atomic mass is 10.1. The number of rotatable bonds is 3. The van der Waals surface area contributed by atoms with Crippen molar-refractivity contribution in [3.63, 3.8) is 0 Å². The van der Waals surface area contributed by atoms with Crippen LogP contribution in [-0.2, 0) is 0 Å². The maximum atomic E-state index is 3.00. The summed E-state index contributed by atoms with van der Waals surface area (Å²) < 4.78 is 0. The molecule has 0 saturated heterocycles. The normalized spacial score (nSPS) is 10.4. The van der Waals surface area contributed by atoms with Gasteiger partial charge in [0.05, 0.1) is 0 Å². The van der Waals surface area contributed by atoms with Gasteiger partial charge in [-0.25, -0.2) is 0 Å². The smallest absolute Gasteiger partial charge is 0.0290 e. The van der Waals surface area contributed by atoms with Crippen LogP contribution in [0.4, 0.5) is 0 Å². The standard InChI is InChI=1S/C9H18.C2H4/c1-8(2)6-5-7-9(3)4;1-2/h5-6,8-9H,7H2,1-4H3;1-2H2. The highest BCUT2D eigenvalue weighted by Crippen LogP contribution is 2.02. The quantitative estimate of drug-likeness (QED) is 0.538. The summed E-state index contributed by atoms with van der Waals surface area (Å²) in [6, 6.07) is 0. The lowest BCUT2D eigenvalue weighted by Gasteiger charge is -1.97. The van der Waals surface area contributed by atoms with Gasteiger partial charge in [-0.3, -0.25) is 0 Å². The van der Waals surface area contributed by atoms with Crippen molar-refractivity contribution in [1.29, 1.82) is 0 Å². The summed E-state index contributed by atoms with van der Waals surface area (Å²) in [5.74, 6) is 1.52. The molecule has 0 heterocycles. The third-order valence-corrected chi connectivity index (χ3v) is 1.13. The SMILES string of the molecule is C=C.CC(C)C=CCC(C)C. The van der Waals surface area contributed by atoms with Crippen molar-refractivity contribution >= 4 is 0 Å². The number of allylic oxidation sites excluding steroid dienone is 2. The number of hydrogen-bond acceptors (Lipinski definition) is 0. The summed E-state index contributed by atoms with van der Waals surface area (Å²) >= 11 is 0. The molecule has 0 amide bonds. The number of hydrogen-bond donors (Lipinski definition) is 0. The summed E-state index contributed by atoms with van der Waals surface area (Å²) in [6.45, 7) is 14.9. The van der Waals surface area contributed by atoms with E-state index in [9.17, 15) is 0 Å². The van der Waals surface area contributed by atoms with Crippen LogP contribution < -0.4 is 0 Å². The van der Waals surface area contributed by atoms with E-state index in [1.54, 1.807) is 0 Å². The zero-order chi connectivity index (χ0) is 9.28. The average Bonchev–Trinajstić information content (AvgIpc) is 1.90. The summed E-state index contributed by atoms with van der Waals surface area (Å²) in [4.78, 5) is 0. The van der Waals surface area contributed by atoms with E-state index in [4.69, 9.17) is 0 Å². The van der Waals surface area contributed by atoms with Gasteiger partial charge in [-0.05, 0) is 18.3 Å². The Balaban J connectivity index is 0. The highest BCUT2D eigenvalue weighted by Gasteiger charge is 1.87. The molecule has 0 aliphatic carbocycles. The predicted molar refractivity (Wildman–Crippen MR) is 54.7 cm³/mol. The molecule has 0 bridgehead atoms. The fraction of sp³-hybridized carbons (Fsp3) is 0.636. The zero-order valence-electron chi connectivity index (χ0n) is 8.43. The molecule has 0 atom stereocenters. The summed E-state index contributed by atoms with van der Waals surface area (Å²) in [6.07, 6.45) is 5.76. The molecule has 0 radical (unpaired) electrons. The van der Waals surface area contributed by atoms with Crippen LogP contribution in [0.25, 0.3) is 0 Å². The van der Waals surface area contributed by atoms with Gasteiger partial charge in [0.1, 0.15) is 0 Å². The Morgan fingerprint density at radius 2 is 1.55 bits per heavy atom. The maximum Gasteiger partial charge on any atom is -0.0290 e. The van der Waals surface area contributed by atoms with E-state index in [0.717, 1.165) is 5.92 Å². The molecule has 0 aromatic carbocycles. The van der Waals surface area contributed by atoms with Crippen LogP contribution in [0.15, 0.2) is 25.3 Å². The molecular formula is C11H22. The van der Waals surface area contributed by atoms with E-state index >= 15 is 0 Å². The molecule has 0 nitrogen and oxygen atoms in total. The van der Waals surface area contributed by atoms with Crippen LogP contribution in [0.1, 0.15) is 34.1 Å². The molecule has 0 unspecified atom stereocenters. The van der Waals surface area contributed by atoms with Gasteiger partial charge in [0.25, 0.3) is 0 Å². The van der Waals surface area contributed by atoms with Gasteiger partial charge in [-0.15, -0.1) is 13.2 Å². The van der Waals surface area contributed by atoms with E-state index in [1.807, 2.05) is 0 Å². The Hall–Kier alpha value is -0.520. The first-order chi connectivity index (χ1) is 5.13. The minimum absolute atomic E-state index is 0.712. The first-order valence-electron chi connectivity index (χ1n) is 4.29. The van der Waals surface area contributed by atoms with Gasteiger partial charge in [0, 0.05) is 0 Å². The molecule has 0 aromatic rings. The molecule has 0 heteroatoms. The van der Waals surface area contributed by atoms with Crippen molar-refractivity contribution in [2.75, 3.05) is 0 Å². The average molecular weight is 154 g/mol. The Morgan fingerprint density at radius 3 is 1.82 bits per heavy atom. The van der Waals surface area contributed by atoms with E-state index < -0.39 is 0 Å². The molecule has 0 N–H and O–H groups in total. The van der Waals surface area contributed by atoms with E-state index in [-0.39, 0.29) is 0 Å². The minimum atomic E-state index is 0.712. The monoisotopic (exact) mass is 154 g/mol. The largest absolute Gasteiger partial charge is 0.106 e. The molecule has 0 aliphatic rings. The second-order valence-electron chi connectivity index (χ2n) is 3.30. The van der Waals surface area contributed by atoms with Crippen molar-refractivity contribution in [3.8, 4) is 0 Å². The molecule has 0 aromatic heterocycles. The van der Waals surface area contributed by atoms with Crippen molar-refractivity contribution in [1.82, 2.24) is 0 Å². The van der Waals surface area contributed by atoms with Gasteiger partial charge in [-0.1, -0.05) is 39.8 Å². The van der Waals surface area contributed by atoms with Crippen LogP contribution >= 0.6 is 0 Å². The first-order valence-corrected chi connectivity index (χ1v) is 4.29. The summed E-state index contributed by atoms with van der Waals surface area (Å²) in [5, 5.41) is 0. The van der Waals surface area contributed by atoms with E-state index in [0.29, 0.717) is 5.92 Å². The van der Waals surface area contributed by atoms with Crippen molar-refractivity contribution in [2.24, 2.45) is 11.8 Å². The molecule has 0 aliphatic heterocycles. The third-order valence-electron chi connectivity index (χ3n) is 1.13. The molecule has 0 spiro atoms. The van der Waals surface area contributed by atoms with E-state index in [2.05, 4.69) is 53.0 Å². The zero-order valence-corrected chi connectivity index (χ0v) is 8.43. The minimum Gasteiger partial charge on any atom is -0.106 e. The Bertz CT molecular complexity index is 88.2. The van der Waals surface area contributed by atoms with E-state index in [1.165, 1.54) is 6.42 Å². The fourth-order valence-electron chi connectivity index (χ4n) is 0.623. The molecular weight excluding hydrogens is 132 g/mol. The second-order valence-corrected chi connectivity index (χ2v) is 3.30. The summed E-state index contributed by atoms with van der Waals surface area (Å²) in [5.41, 5.74) is 0. The highest BCUT2D eigenvalue weighted by molar-refractivity contribution is 4.84. The third kappa shape index (κ3) is 17.7. The van der Waals surface area contributed by atoms with Gasteiger partial charge in [0.2, 0.25) is 0 Å². The Kier molecular flexibility index (Phi) is 11.3. The Labute approximate surface area is 72.0 Å². The van der Waals surface area contributed by atoms with Gasteiger partial charge in [0.15, 0.2) is 0 Å². The highest BCUT2D eigenvalue weighted by atomic mass is 13.9. The van der Waals surface area contributed by atoms with Crippen LogP contribution in [-0.4, -0.2) is 0 Å². The van der Waals surface area contributed by atoms with Crippen LogP contribution in [0.3, 0.4) is 0 Å². The first kappa shape index (κ1) is 13.1. The second kappa shape index (κ2) is 9.48.